The molecule has 0 fully saturated rings. The zero-order valence-corrected chi connectivity index (χ0v) is 23.8. The summed E-state index contributed by atoms with van der Waals surface area (Å²) in [6, 6.07) is 7.76. The van der Waals surface area contributed by atoms with Crippen molar-refractivity contribution in [3.8, 4) is 5.75 Å². The van der Waals surface area contributed by atoms with Gasteiger partial charge in [0.05, 0.1) is 6.42 Å². The van der Waals surface area contributed by atoms with Gasteiger partial charge >= 0.3 is 6.09 Å². The maximum atomic E-state index is 13.9. The molecule has 0 saturated heterocycles. The summed E-state index contributed by atoms with van der Waals surface area (Å²) in [7, 11) is 0. The molecule has 0 heterocycles. The van der Waals surface area contributed by atoms with Crippen LogP contribution in [0.5, 0.6) is 5.75 Å². The lowest BCUT2D eigenvalue weighted by Crippen LogP contribution is -2.53. The number of phenolic OH excluding ortho intramolecular Hbond substituents is 1. The molecule has 0 bridgehead atoms. The van der Waals surface area contributed by atoms with Gasteiger partial charge < -0.3 is 31.1 Å². The number of aryl methyl sites for hydroxylation is 3. The number of hydrogen-bond donors (Lipinski definition) is 4. The number of nitrogens with one attached hydrogen (secondary N) is 2. The van der Waals surface area contributed by atoms with Crippen molar-refractivity contribution in [3.63, 3.8) is 0 Å². The number of anilines is 1. The number of hydrogen-bond acceptors (Lipinski definition) is 6. The van der Waals surface area contributed by atoms with Crippen LogP contribution in [-0.4, -0.2) is 52.0 Å². The van der Waals surface area contributed by atoms with E-state index in [4.69, 9.17) is 10.5 Å². The monoisotopic (exact) mass is 540 g/mol. The van der Waals surface area contributed by atoms with Gasteiger partial charge in [-0.25, -0.2) is 4.79 Å². The van der Waals surface area contributed by atoms with Crippen LogP contribution in [-0.2, 0) is 19.1 Å². The molecule has 2 aromatic carbocycles. The average Bonchev–Trinajstić information content (AvgIpc) is 2.81. The Balaban J connectivity index is 2.58. The molecule has 0 aliphatic rings. The van der Waals surface area contributed by atoms with Gasteiger partial charge in [0.1, 0.15) is 23.4 Å². The van der Waals surface area contributed by atoms with E-state index in [1.54, 1.807) is 39.8 Å². The zero-order valence-electron chi connectivity index (χ0n) is 23.8. The first kappa shape index (κ1) is 31.1. The van der Waals surface area contributed by atoms with E-state index in [1.807, 2.05) is 39.0 Å². The molecule has 2 unspecified atom stereocenters. The molecule has 0 radical (unpaired) electrons. The van der Waals surface area contributed by atoms with Crippen LogP contribution in [0, 0.1) is 20.8 Å². The van der Waals surface area contributed by atoms with Gasteiger partial charge in [-0.2, -0.15) is 0 Å². The van der Waals surface area contributed by atoms with Gasteiger partial charge in [0, 0.05) is 12.2 Å². The number of ether oxygens (including phenoxy) is 1. The summed E-state index contributed by atoms with van der Waals surface area (Å²) in [5, 5.41) is 15.5. The number of primary amides is 1. The van der Waals surface area contributed by atoms with Crippen molar-refractivity contribution in [1.29, 1.82) is 0 Å². The van der Waals surface area contributed by atoms with Crippen molar-refractivity contribution < 1.29 is 29.0 Å². The largest absolute Gasteiger partial charge is 0.508 e. The fourth-order valence-electron chi connectivity index (χ4n) is 4.18. The number of amides is 4. The third-order valence-electron chi connectivity index (χ3n) is 5.97. The summed E-state index contributed by atoms with van der Waals surface area (Å²) in [4.78, 5) is 53.6. The normalized spacial score (nSPS) is 12.7. The van der Waals surface area contributed by atoms with Crippen molar-refractivity contribution in [2.24, 2.45) is 5.73 Å². The summed E-state index contributed by atoms with van der Waals surface area (Å²) < 4.78 is 5.29. The predicted octanol–water partition coefficient (Wildman–Crippen LogP) is 4.00. The highest BCUT2D eigenvalue weighted by Crippen LogP contribution is 2.30. The van der Waals surface area contributed by atoms with E-state index in [0.717, 1.165) is 11.1 Å². The van der Waals surface area contributed by atoms with Gasteiger partial charge in [-0.15, -0.1) is 0 Å². The maximum absolute atomic E-state index is 13.9. The first-order valence-electron chi connectivity index (χ1n) is 12.9. The zero-order chi connectivity index (χ0) is 29.5. The van der Waals surface area contributed by atoms with E-state index < -0.39 is 47.9 Å². The second-order valence-corrected chi connectivity index (χ2v) is 10.6. The highest BCUT2D eigenvalue weighted by Gasteiger charge is 2.37. The molecule has 4 amide bonds. The summed E-state index contributed by atoms with van der Waals surface area (Å²) in [6.45, 7) is 12.4. The van der Waals surface area contributed by atoms with Crippen LogP contribution < -0.4 is 16.4 Å². The van der Waals surface area contributed by atoms with Crippen LogP contribution in [0.3, 0.4) is 0 Å². The molecule has 2 aromatic rings. The molecule has 2 atom stereocenters. The van der Waals surface area contributed by atoms with Crippen LogP contribution in [0.1, 0.15) is 68.8 Å². The Kier molecular flexibility index (Phi) is 10.5. The molecular formula is C29H40N4O6. The van der Waals surface area contributed by atoms with E-state index in [2.05, 4.69) is 10.6 Å². The van der Waals surface area contributed by atoms with E-state index in [9.17, 15) is 24.3 Å². The van der Waals surface area contributed by atoms with Crippen molar-refractivity contribution in [2.45, 2.75) is 79.0 Å². The lowest BCUT2D eigenvalue weighted by atomic mass is 9.99. The first-order valence-corrected chi connectivity index (χ1v) is 12.9. The average molecular weight is 541 g/mol. The Morgan fingerprint density at radius 2 is 1.64 bits per heavy atom. The van der Waals surface area contributed by atoms with Crippen molar-refractivity contribution in [3.05, 3.63) is 58.7 Å². The van der Waals surface area contributed by atoms with Crippen LogP contribution in [0.25, 0.3) is 0 Å². The molecule has 0 aliphatic heterocycles. The fourth-order valence-corrected chi connectivity index (χ4v) is 4.18. The van der Waals surface area contributed by atoms with Gasteiger partial charge in [0.25, 0.3) is 5.91 Å². The minimum Gasteiger partial charge on any atom is -0.508 e. The number of para-hydroxylation sites is 1. The van der Waals surface area contributed by atoms with Gasteiger partial charge in [-0.1, -0.05) is 31.2 Å². The van der Waals surface area contributed by atoms with Gasteiger partial charge in [0.2, 0.25) is 11.8 Å². The molecule has 10 heteroatoms. The number of alkyl carbamates (subject to hydrolysis) is 1. The summed E-state index contributed by atoms with van der Waals surface area (Å²) >= 11 is 0. The molecule has 0 aliphatic carbocycles. The Hall–Kier alpha value is -4.08. The molecule has 10 nitrogen and oxygen atoms in total. The quantitative estimate of drug-likeness (QED) is 0.358. The third-order valence-corrected chi connectivity index (χ3v) is 5.97. The van der Waals surface area contributed by atoms with E-state index >= 15 is 0 Å². The number of aromatic hydroxyl groups is 1. The van der Waals surface area contributed by atoms with Crippen molar-refractivity contribution >= 4 is 29.5 Å². The maximum Gasteiger partial charge on any atom is 0.408 e. The molecule has 5 N–H and O–H groups in total. The first-order chi connectivity index (χ1) is 18.1. The molecule has 0 saturated carbocycles. The lowest BCUT2D eigenvalue weighted by molar-refractivity contribution is -0.141. The van der Waals surface area contributed by atoms with Crippen LogP contribution in [0.15, 0.2) is 36.4 Å². The number of nitrogens with zero attached hydrogens (tertiary/aromatic N) is 1. The number of carbonyl (C=O) groups excluding carboxylic acids is 4. The molecule has 0 spiro atoms. The predicted molar refractivity (Wildman–Crippen MR) is 149 cm³/mol. The van der Waals surface area contributed by atoms with Crippen molar-refractivity contribution in [2.75, 3.05) is 11.9 Å². The van der Waals surface area contributed by atoms with E-state index in [-0.39, 0.29) is 12.3 Å². The summed E-state index contributed by atoms with van der Waals surface area (Å²) in [5.74, 6) is -1.93. The minimum absolute atomic E-state index is 0.0409. The smallest absolute Gasteiger partial charge is 0.408 e. The summed E-state index contributed by atoms with van der Waals surface area (Å²) in [6.07, 6.45) is -0.903. The van der Waals surface area contributed by atoms with Gasteiger partial charge in [-0.3, -0.25) is 14.4 Å². The highest BCUT2D eigenvalue weighted by atomic mass is 16.6. The van der Waals surface area contributed by atoms with Crippen molar-refractivity contribution in [1.82, 2.24) is 10.2 Å². The number of benzene rings is 2. The van der Waals surface area contributed by atoms with Gasteiger partial charge in [0.15, 0.2) is 0 Å². The number of carbonyl (C=O) groups is 4. The van der Waals surface area contributed by atoms with E-state index in [1.165, 1.54) is 11.0 Å². The van der Waals surface area contributed by atoms with E-state index in [0.29, 0.717) is 23.2 Å². The Morgan fingerprint density at radius 1 is 1.03 bits per heavy atom. The second-order valence-electron chi connectivity index (χ2n) is 10.6. The lowest BCUT2D eigenvalue weighted by Gasteiger charge is -2.34. The number of rotatable bonds is 10. The topological polar surface area (TPSA) is 151 Å². The second kappa shape index (κ2) is 13.1. The summed E-state index contributed by atoms with van der Waals surface area (Å²) in [5.41, 5.74) is 7.85. The molecule has 0 aromatic heterocycles. The number of nitrogens with two attached hydrogens (primary N) is 1. The molecule has 39 heavy (non-hydrogen) atoms. The fraction of sp³-hybridized carbons (Fsp3) is 0.448. The molecule has 212 valence electrons. The highest BCUT2D eigenvalue weighted by molar-refractivity contribution is 6.00. The third kappa shape index (κ3) is 8.73. The van der Waals surface area contributed by atoms with Crippen LogP contribution in [0.2, 0.25) is 0 Å². The van der Waals surface area contributed by atoms with Crippen LogP contribution >= 0.6 is 0 Å². The Bertz CT molecular complexity index is 1200. The number of phenols is 1. The molecular weight excluding hydrogens is 500 g/mol. The SMILES string of the molecule is CCCN(C(=O)C(CC(N)=O)NC(=O)OC(C)(C)C)C(C(=O)Nc1c(C)cccc1C)c1ccc(O)c(C)c1. The minimum atomic E-state index is -1.36. The van der Waals surface area contributed by atoms with Gasteiger partial charge in [-0.05, 0) is 82.3 Å². The van der Waals surface area contributed by atoms with Crippen LogP contribution in [0.4, 0.5) is 10.5 Å². The Morgan fingerprint density at radius 3 is 2.15 bits per heavy atom. The standard InChI is InChI=1S/C29H40N4O6/c1-8-14-33(27(37)21(16-23(30)35)31-28(38)39-29(5,6)7)25(20-12-13-22(34)19(4)15-20)26(36)32-24-17(2)10-9-11-18(24)3/h9-13,15,21,25,34H,8,14,16H2,1-7H3,(H2,30,35)(H,31,38)(H,32,36). The Labute approximate surface area is 229 Å². The molecule has 2 rings (SSSR count).